The van der Waals surface area contributed by atoms with Gasteiger partial charge in [0, 0.05) is 6.07 Å². The lowest BCUT2D eigenvalue weighted by Gasteiger charge is -2.10. The summed E-state index contributed by atoms with van der Waals surface area (Å²) in [6.07, 6.45) is 2.11. The number of carbonyl (C=O) groups is 1. The molecule has 0 aliphatic carbocycles. The van der Waals surface area contributed by atoms with Crippen molar-refractivity contribution in [2.24, 2.45) is 0 Å². The van der Waals surface area contributed by atoms with Crippen LogP contribution < -0.4 is 5.32 Å². The van der Waals surface area contributed by atoms with Crippen molar-refractivity contribution >= 4 is 23.5 Å². The molecule has 0 spiro atoms. The number of thioether (sulfide) groups is 1. The third-order valence-electron chi connectivity index (χ3n) is 3.07. The summed E-state index contributed by atoms with van der Waals surface area (Å²) in [5.74, 6) is 2.09. The number of benzene rings is 1. The summed E-state index contributed by atoms with van der Waals surface area (Å²) in [6, 6.07) is 12.1. The number of aromatic nitrogens is 1. The molecule has 1 aromatic carbocycles. The second kappa shape index (κ2) is 7.88. The Hall–Kier alpha value is -1.75. The fraction of sp³-hybridized carbons (Fsp3) is 0.375. The molecule has 0 bridgehead atoms. The van der Waals surface area contributed by atoms with Crippen LogP contribution in [-0.2, 0) is 11.2 Å². The highest BCUT2D eigenvalue weighted by molar-refractivity contribution is 8.00. The van der Waals surface area contributed by atoms with E-state index in [1.54, 1.807) is 24.8 Å². The highest BCUT2D eigenvalue weighted by Crippen LogP contribution is 2.16. The van der Waals surface area contributed by atoms with Crippen LogP contribution in [0.5, 0.6) is 0 Å². The number of aryl methyl sites for hydroxylation is 2. The summed E-state index contributed by atoms with van der Waals surface area (Å²) in [5, 5.41) is 6.42. The molecule has 0 fully saturated rings. The van der Waals surface area contributed by atoms with Crippen LogP contribution in [0.4, 0.5) is 5.82 Å². The van der Waals surface area contributed by atoms with Gasteiger partial charge in [-0.05, 0) is 38.0 Å². The van der Waals surface area contributed by atoms with Crippen molar-refractivity contribution in [3.05, 3.63) is 47.7 Å². The lowest BCUT2D eigenvalue weighted by molar-refractivity contribution is -0.115. The van der Waals surface area contributed by atoms with Crippen LogP contribution in [0.15, 0.2) is 40.9 Å². The Bertz CT molecular complexity index is 569. The Morgan fingerprint density at radius 3 is 2.81 bits per heavy atom. The summed E-state index contributed by atoms with van der Waals surface area (Å²) >= 11 is 1.66. The molecular formula is C16H20N2O2S. The Morgan fingerprint density at radius 2 is 2.14 bits per heavy atom. The van der Waals surface area contributed by atoms with Gasteiger partial charge in [0.05, 0.1) is 5.25 Å². The van der Waals surface area contributed by atoms with Gasteiger partial charge in [0.15, 0.2) is 5.82 Å². The zero-order valence-electron chi connectivity index (χ0n) is 12.3. The highest BCUT2D eigenvalue weighted by Gasteiger charge is 2.14. The topological polar surface area (TPSA) is 55.1 Å². The SMILES string of the molecule is Cc1cc(NC(=O)C(C)SCCCc2ccccc2)no1. The normalized spacial score (nSPS) is 12.1. The number of anilines is 1. The maximum atomic E-state index is 12.0. The average molecular weight is 304 g/mol. The minimum atomic E-state index is -0.0993. The number of carbonyl (C=O) groups excluding carboxylic acids is 1. The van der Waals surface area contributed by atoms with Crippen molar-refractivity contribution in [3.63, 3.8) is 0 Å². The van der Waals surface area contributed by atoms with E-state index in [4.69, 9.17) is 4.52 Å². The van der Waals surface area contributed by atoms with Crippen LogP contribution >= 0.6 is 11.8 Å². The summed E-state index contributed by atoms with van der Waals surface area (Å²) in [6.45, 7) is 3.71. The van der Waals surface area contributed by atoms with Crippen LogP contribution in [0.1, 0.15) is 24.7 Å². The summed E-state index contributed by atoms with van der Waals surface area (Å²) in [5.41, 5.74) is 1.34. The first kappa shape index (κ1) is 15.6. The molecule has 0 saturated heterocycles. The molecule has 4 nitrogen and oxygen atoms in total. The van der Waals surface area contributed by atoms with Crippen molar-refractivity contribution in [3.8, 4) is 0 Å². The molecule has 1 N–H and O–H groups in total. The quantitative estimate of drug-likeness (QED) is 0.793. The number of nitrogens with one attached hydrogen (secondary N) is 1. The highest BCUT2D eigenvalue weighted by atomic mass is 32.2. The van der Waals surface area contributed by atoms with E-state index < -0.39 is 0 Å². The summed E-state index contributed by atoms with van der Waals surface area (Å²) in [4.78, 5) is 12.0. The Labute approximate surface area is 129 Å². The maximum Gasteiger partial charge on any atom is 0.238 e. The zero-order chi connectivity index (χ0) is 15.1. The molecule has 1 amide bonds. The third kappa shape index (κ3) is 5.27. The monoisotopic (exact) mass is 304 g/mol. The molecule has 112 valence electrons. The second-order valence-electron chi connectivity index (χ2n) is 4.91. The number of hydrogen-bond donors (Lipinski definition) is 1. The lowest BCUT2D eigenvalue weighted by Crippen LogP contribution is -2.23. The Morgan fingerprint density at radius 1 is 1.38 bits per heavy atom. The Kier molecular flexibility index (Phi) is 5.87. The van der Waals surface area contributed by atoms with Gasteiger partial charge in [0.1, 0.15) is 5.76 Å². The van der Waals surface area contributed by atoms with E-state index in [2.05, 4.69) is 34.7 Å². The average Bonchev–Trinajstić information content (AvgIpc) is 2.89. The minimum Gasteiger partial charge on any atom is -0.360 e. The molecule has 1 aromatic heterocycles. The largest absolute Gasteiger partial charge is 0.360 e. The zero-order valence-corrected chi connectivity index (χ0v) is 13.2. The number of rotatable bonds is 7. The number of amides is 1. The summed E-state index contributed by atoms with van der Waals surface area (Å²) < 4.78 is 4.92. The number of nitrogens with zero attached hydrogens (tertiary/aromatic N) is 1. The molecule has 21 heavy (non-hydrogen) atoms. The van der Waals surface area contributed by atoms with Gasteiger partial charge in [-0.1, -0.05) is 35.5 Å². The molecule has 1 unspecified atom stereocenters. The second-order valence-corrected chi connectivity index (χ2v) is 6.36. The molecule has 0 aliphatic rings. The van der Waals surface area contributed by atoms with Crippen molar-refractivity contribution < 1.29 is 9.32 Å². The van der Waals surface area contributed by atoms with Gasteiger partial charge < -0.3 is 9.84 Å². The van der Waals surface area contributed by atoms with E-state index in [1.165, 1.54) is 5.56 Å². The first-order valence-corrected chi connectivity index (χ1v) is 8.10. The van der Waals surface area contributed by atoms with E-state index in [0.29, 0.717) is 11.6 Å². The van der Waals surface area contributed by atoms with Crippen molar-refractivity contribution in [2.45, 2.75) is 31.9 Å². The molecule has 0 saturated carbocycles. The van der Waals surface area contributed by atoms with Crippen molar-refractivity contribution in [1.29, 1.82) is 0 Å². The first-order valence-electron chi connectivity index (χ1n) is 7.05. The van der Waals surface area contributed by atoms with E-state index >= 15 is 0 Å². The van der Waals surface area contributed by atoms with Crippen LogP contribution in [0, 0.1) is 6.92 Å². The van der Waals surface area contributed by atoms with Crippen LogP contribution in [0.25, 0.3) is 0 Å². The van der Waals surface area contributed by atoms with E-state index in [1.807, 2.05) is 13.0 Å². The minimum absolute atomic E-state index is 0.0342. The van der Waals surface area contributed by atoms with Gasteiger partial charge in [-0.2, -0.15) is 0 Å². The Balaban J connectivity index is 1.67. The van der Waals surface area contributed by atoms with Crippen molar-refractivity contribution in [2.75, 3.05) is 11.1 Å². The molecule has 2 rings (SSSR count). The lowest BCUT2D eigenvalue weighted by atomic mass is 10.1. The van der Waals surface area contributed by atoms with Gasteiger partial charge >= 0.3 is 0 Å². The van der Waals surface area contributed by atoms with Crippen LogP contribution in [0.3, 0.4) is 0 Å². The smallest absolute Gasteiger partial charge is 0.238 e. The van der Waals surface area contributed by atoms with E-state index in [0.717, 1.165) is 18.6 Å². The van der Waals surface area contributed by atoms with Gasteiger partial charge in [-0.15, -0.1) is 11.8 Å². The molecule has 0 radical (unpaired) electrons. The van der Waals surface area contributed by atoms with E-state index in [9.17, 15) is 4.79 Å². The third-order valence-corrected chi connectivity index (χ3v) is 4.31. The summed E-state index contributed by atoms with van der Waals surface area (Å²) in [7, 11) is 0. The van der Waals surface area contributed by atoms with Crippen LogP contribution in [0.2, 0.25) is 0 Å². The maximum absolute atomic E-state index is 12.0. The van der Waals surface area contributed by atoms with Gasteiger partial charge in [-0.3, -0.25) is 4.79 Å². The van der Waals surface area contributed by atoms with Crippen molar-refractivity contribution in [1.82, 2.24) is 5.16 Å². The fourth-order valence-electron chi connectivity index (χ4n) is 1.91. The van der Waals surface area contributed by atoms with Crippen LogP contribution in [-0.4, -0.2) is 22.1 Å². The van der Waals surface area contributed by atoms with Gasteiger partial charge in [-0.25, -0.2) is 0 Å². The molecular weight excluding hydrogens is 284 g/mol. The standard InChI is InChI=1S/C16H20N2O2S/c1-12-11-15(18-20-12)17-16(19)13(2)21-10-6-9-14-7-4-3-5-8-14/h3-5,7-8,11,13H,6,9-10H2,1-2H3,(H,17,18,19). The number of hydrogen-bond acceptors (Lipinski definition) is 4. The molecule has 1 heterocycles. The predicted molar refractivity (Wildman–Crippen MR) is 86.6 cm³/mol. The molecule has 0 aliphatic heterocycles. The molecule has 5 heteroatoms. The predicted octanol–water partition coefficient (Wildman–Crippen LogP) is 3.68. The van der Waals surface area contributed by atoms with E-state index in [-0.39, 0.29) is 11.2 Å². The molecule has 2 aromatic rings. The fourth-order valence-corrected chi connectivity index (χ4v) is 2.78. The molecule has 1 atom stereocenters. The van der Waals surface area contributed by atoms with Gasteiger partial charge in [0.25, 0.3) is 0 Å². The first-order chi connectivity index (χ1) is 10.1. The van der Waals surface area contributed by atoms with Gasteiger partial charge in [0.2, 0.25) is 5.91 Å².